The Balaban J connectivity index is 1.77. The van der Waals surface area contributed by atoms with Crippen molar-refractivity contribution in [3.63, 3.8) is 0 Å². The topological polar surface area (TPSA) is 39.1 Å². The molecule has 1 fully saturated rings. The van der Waals surface area contributed by atoms with Crippen LogP contribution >= 0.6 is 15.9 Å². The van der Waals surface area contributed by atoms with Crippen molar-refractivity contribution in [1.29, 1.82) is 0 Å². The molecular weight excluding hydrogens is 294 g/mol. The molecule has 2 rings (SSSR count). The van der Waals surface area contributed by atoms with Crippen LogP contribution in [0.3, 0.4) is 0 Å². The molecule has 2 heterocycles. The minimum absolute atomic E-state index is 0.749. The molecule has 4 nitrogen and oxygen atoms in total. The van der Waals surface area contributed by atoms with E-state index in [1.807, 2.05) is 11.7 Å². The van der Waals surface area contributed by atoms with E-state index in [4.69, 9.17) is 4.74 Å². The van der Waals surface area contributed by atoms with E-state index >= 15 is 0 Å². The molecule has 0 aliphatic carbocycles. The lowest BCUT2D eigenvalue weighted by Crippen LogP contribution is -2.19. The first-order valence-corrected chi connectivity index (χ1v) is 7.50. The third kappa shape index (κ3) is 3.33. The van der Waals surface area contributed by atoms with Gasteiger partial charge in [-0.1, -0.05) is 6.92 Å². The van der Waals surface area contributed by atoms with Crippen molar-refractivity contribution >= 4 is 15.9 Å². The number of aromatic nitrogens is 2. The largest absolute Gasteiger partial charge is 0.381 e. The first-order chi connectivity index (χ1) is 8.72. The fourth-order valence-electron chi connectivity index (χ4n) is 2.34. The van der Waals surface area contributed by atoms with Crippen LogP contribution in [0.5, 0.6) is 0 Å². The molecule has 0 spiro atoms. The van der Waals surface area contributed by atoms with E-state index in [-0.39, 0.29) is 0 Å². The number of hydrogen-bond acceptors (Lipinski definition) is 3. The summed E-state index contributed by atoms with van der Waals surface area (Å²) in [6.45, 7) is 5.93. The molecule has 1 saturated heterocycles. The highest BCUT2D eigenvalue weighted by Crippen LogP contribution is 2.21. The standard InChI is InChI=1S/C13H22BrN3O/c1-3-11-13(14)12(17(2)16-11)8-15-6-4-10-5-7-18-9-10/h10,15H,3-9H2,1-2H3. The quantitative estimate of drug-likeness (QED) is 0.818. The summed E-state index contributed by atoms with van der Waals surface area (Å²) in [6, 6.07) is 0. The average Bonchev–Trinajstić information content (AvgIpc) is 2.96. The smallest absolute Gasteiger partial charge is 0.0767 e. The highest BCUT2D eigenvalue weighted by molar-refractivity contribution is 9.10. The molecule has 1 aromatic rings. The first kappa shape index (κ1) is 14.0. The summed E-state index contributed by atoms with van der Waals surface area (Å²) in [5.74, 6) is 0.749. The fraction of sp³-hybridized carbons (Fsp3) is 0.769. The van der Waals surface area contributed by atoms with Crippen molar-refractivity contribution in [3.8, 4) is 0 Å². The van der Waals surface area contributed by atoms with Crippen LogP contribution in [-0.4, -0.2) is 29.5 Å². The maximum absolute atomic E-state index is 5.38. The Morgan fingerprint density at radius 1 is 1.56 bits per heavy atom. The van der Waals surface area contributed by atoms with Gasteiger partial charge in [0.1, 0.15) is 0 Å². The number of aryl methyl sites for hydroxylation is 2. The van der Waals surface area contributed by atoms with Gasteiger partial charge in [0.2, 0.25) is 0 Å². The second-order valence-electron chi connectivity index (χ2n) is 4.88. The van der Waals surface area contributed by atoms with E-state index in [1.165, 1.54) is 18.5 Å². The number of nitrogens with one attached hydrogen (secondary N) is 1. The molecule has 0 saturated carbocycles. The van der Waals surface area contributed by atoms with E-state index in [0.29, 0.717) is 0 Å². The molecule has 5 heteroatoms. The van der Waals surface area contributed by atoms with Gasteiger partial charge in [0.25, 0.3) is 0 Å². The Hall–Kier alpha value is -0.390. The molecule has 0 bridgehead atoms. The molecule has 18 heavy (non-hydrogen) atoms. The van der Waals surface area contributed by atoms with Crippen LogP contribution in [0.25, 0.3) is 0 Å². The maximum Gasteiger partial charge on any atom is 0.0767 e. The molecule has 0 aromatic carbocycles. The van der Waals surface area contributed by atoms with Gasteiger partial charge in [-0.25, -0.2) is 0 Å². The van der Waals surface area contributed by atoms with Gasteiger partial charge < -0.3 is 10.1 Å². The van der Waals surface area contributed by atoms with E-state index in [1.54, 1.807) is 0 Å². The minimum Gasteiger partial charge on any atom is -0.381 e. The zero-order chi connectivity index (χ0) is 13.0. The highest BCUT2D eigenvalue weighted by atomic mass is 79.9. The highest BCUT2D eigenvalue weighted by Gasteiger charge is 2.15. The van der Waals surface area contributed by atoms with E-state index in [0.717, 1.165) is 48.8 Å². The van der Waals surface area contributed by atoms with Crippen LogP contribution in [-0.2, 0) is 24.8 Å². The summed E-state index contributed by atoms with van der Waals surface area (Å²) >= 11 is 3.64. The van der Waals surface area contributed by atoms with Crippen molar-refractivity contribution < 1.29 is 4.74 Å². The second-order valence-corrected chi connectivity index (χ2v) is 5.67. The van der Waals surface area contributed by atoms with Crippen molar-refractivity contribution in [3.05, 3.63) is 15.9 Å². The summed E-state index contributed by atoms with van der Waals surface area (Å²) in [6.07, 6.45) is 3.39. The molecular formula is C13H22BrN3O. The molecule has 1 aromatic heterocycles. The SMILES string of the molecule is CCc1nn(C)c(CNCCC2CCOC2)c1Br. The van der Waals surface area contributed by atoms with Gasteiger partial charge in [0.15, 0.2) is 0 Å². The zero-order valence-electron chi connectivity index (χ0n) is 11.2. The fourth-order valence-corrected chi connectivity index (χ4v) is 3.09. The van der Waals surface area contributed by atoms with Crippen LogP contribution < -0.4 is 5.32 Å². The predicted molar refractivity (Wildman–Crippen MR) is 75.5 cm³/mol. The summed E-state index contributed by atoms with van der Waals surface area (Å²) in [4.78, 5) is 0. The van der Waals surface area contributed by atoms with Gasteiger partial charge in [-0.05, 0) is 47.7 Å². The molecule has 1 atom stereocenters. The number of hydrogen-bond donors (Lipinski definition) is 1. The number of ether oxygens (including phenoxy) is 1. The molecule has 0 radical (unpaired) electrons. The zero-order valence-corrected chi connectivity index (χ0v) is 12.8. The van der Waals surface area contributed by atoms with Crippen LogP contribution in [0.1, 0.15) is 31.2 Å². The first-order valence-electron chi connectivity index (χ1n) is 6.71. The van der Waals surface area contributed by atoms with E-state index < -0.39 is 0 Å². The Kier molecular flexibility index (Phi) is 5.21. The summed E-state index contributed by atoms with van der Waals surface area (Å²) in [7, 11) is 2.01. The monoisotopic (exact) mass is 315 g/mol. The van der Waals surface area contributed by atoms with Gasteiger partial charge >= 0.3 is 0 Å². The van der Waals surface area contributed by atoms with Gasteiger partial charge in [-0.2, -0.15) is 5.10 Å². The normalized spacial score (nSPS) is 19.6. The van der Waals surface area contributed by atoms with Crippen molar-refractivity contribution in [2.45, 2.75) is 32.7 Å². The van der Waals surface area contributed by atoms with Crippen LogP contribution in [0.15, 0.2) is 4.47 Å². The molecule has 1 N–H and O–H groups in total. The second kappa shape index (κ2) is 6.68. The Labute approximate surface area is 117 Å². The summed E-state index contributed by atoms with van der Waals surface area (Å²) < 4.78 is 8.50. The van der Waals surface area contributed by atoms with E-state index in [9.17, 15) is 0 Å². The lowest BCUT2D eigenvalue weighted by Gasteiger charge is -2.09. The minimum atomic E-state index is 0.749. The molecule has 102 valence electrons. The molecule has 1 aliphatic rings. The number of halogens is 1. The molecule has 1 aliphatic heterocycles. The van der Waals surface area contributed by atoms with Crippen LogP contribution in [0.4, 0.5) is 0 Å². The van der Waals surface area contributed by atoms with Gasteiger partial charge in [-0.15, -0.1) is 0 Å². The number of nitrogens with zero attached hydrogens (tertiary/aromatic N) is 2. The summed E-state index contributed by atoms with van der Waals surface area (Å²) in [5.41, 5.74) is 2.37. The Morgan fingerprint density at radius 2 is 2.39 bits per heavy atom. The van der Waals surface area contributed by atoms with Crippen molar-refractivity contribution in [2.75, 3.05) is 19.8 Å². The predicted octanol–water partition coefficient (Wildman–Crippen LogP) is 2.26. The van der Waals surface area contributed by atoms with E-state index in [2.05, 4.69) is 33.3 Å². The van der Waals surface area contributed by atoms with Gasteiger partial charge in [0.05, 0.1) is 15.9 Å². The molecule has 1 unspecified atom stereocenters. The maximum atomic E-state index is 5.38. The van der Waals surface area contributed by atoms with Crippen molar-refractivity contribution in [1.82, 2.24) is 15.1 Å². The summed E-state index contributed by atoms with van der Waals surface area (Å²) in [5, 5.41) is 8.00. The number of rotatable bonds is 6. The third-order valence-electron chi connectivity index (χ3n) is 3.55. The van der Waals surface area contributed by atoms with Crippen molar-refractivity contribution in [2.24, 2.45) is 13.0 Å². The average molecular weight is 316 g/mol. The van der Waals surface area contributed by atoms with Gasteiger partial charge in [0, 0.05) is 26.8 Å². The van der Waals surface area contributed by atoms with Crippen LogP contribution in [0.2, 0.25) is 0 Å². The molecule has 0 amide bonds. The third-order valence-corrected chi connectivity index (χ3v) is 4.46. The van der Waals surface area contributed by atoms with Crippen LogP contribution in [0, 0.1) is 5.92 Å². The van der Waals surface area contributed by atoms with Gasteiger partial charge in [-0.3, -0.25) is 4.68 Å². The Bertz CT molecular complexity index is 386. The lowest BCUT2D eigenvalue weighted by molar-refractivity contribution is 0.184. The lowest BCUT2D eigenvalue weighted by atomic mass is 10.1. The Morgan fingerprint density at radius 3 is 3.00 bits per heavy atom.